The first-order chi connectivity index (χ1) is 15.4. The first kappa shape index (κ1) is 23.5. The number of amides is 1. The number of nitro groups is 1. The predicted molar refractivity (Wildman–Crippen MR) is 115 cm³/mol. The van der Waals surface area contributed by atoms with Crippen LogP contribution in [0.5, 0.6) is 0 Å². The van der Waals surface area contributed by atoms with Crippen molar-refractivity contribution in [3.8, 4) is 0 Å². The number of rotatable bonds is 7. The largest absolute Gasteiger partial charge is 0.466 e. The van der Waals surface area contributed by atoms with Crippen molar-refractivity contribution in [3.63, 3.8) is 0 Å². The molecule has 1 amide bonds. The molecule has 0 unspecified atom stereocenters. The molecule has 2 aliphatic heterocycles. The zero-order chi connectivity index (χ0) is 23.1. The summed E-state index contributed by atoms with van der Waals surface area (Å²) in [4.78, 5) is 51.2. The van der Waals surface area contributed by atoms with E-state index in [1.165, 1.54) is 12.1 Å². The predicted octanol–water partition coefficient (Wildman–Crippen LogP) is 2.54. The van der Waals surface area contributed by atoms with Gasteiger partial charge >= 0.3 is 11.9 Å². The summed E-state index contributed by atoms with van der Waals surface area (Å²) in [6.45, 7) is 3.88. The van der Waals surface area contributed by atoms with Crippen LogP contribution in [0.15, 0.2) is 18.2 Å². The third-order valence-corrected chi connectivity index (χ3v) is 5.90. The molecule has 0 saturated carbocycles. The van der Waals surface area contributed by atoms with Gasteiger partial charge in [0.15, 0.2) is 6.61 Å². The number of hydrogen-bond donors (Lipinski definition) is 0. The second-order valence-electron chi connectivity index (χ2n) is 7.99. The summed E-state index contributed by atoms with van der Waals surface area (Å²) in [5, 5.41) is 11.6. The number of carbonyl (C=O) groups excluding carboxylic acids is 3. The van der Waals surface area contributed by atoms with E-state index in [0.29, 0.717) is 38.2 Å². The maximum Gasteiger partial charge on any atom is 0.338 e. The molecule has 2 aliphatic rings. The van der Waals surface area contributed by atoms with Crippen LogP contribution in [-0.2, 0) is 19.1 Å². The van der Waals surface area contributed by atoms with Gasteiger partial charge in [-0.2, -0.15) is 0 Å². The third kappa shape index (κ3) is 5.74. The molecule has 10 heteroatoms. The fourth-order valence-electron chi connectivity index (χ4n) is 4.13. The molecule has 0 aromatic heterocycles. The van der Waals surface area contributed by atoms with Gasteiger partial charge < -0.3 is 19.3 Å². The van der Waals surface area contributed by atoms with E-state index < -0.39 is 17.5 Å². The highest BCUT2D eigenvalue weighted by Gasteiger charge is 2.29. The lowest BCUT2D eigenvalue weighted by atomic mass is 9.97. The monoisotopic (exact) mass is 447 g/mol. The molecule has 1 aromatic rings. The lowest BCUT2D eigenvalue weighted by Gasteiger charge is -2.30. The average Bonchev–Trinajstić information content (AvgIpc) is 2.82. The van der Waals surface area contributed by atoms with Gasteiger partial charge in [-0.05, 0) is 51.2 Å². The van der Waals surface area contributed by atoms with Crippen molar-refractivity contribution in [1.82, 2.24) is 4.90 Å². The van der Waals surface area contributed by atoms with Gasteiger partial charge in [-0.25, -0.2) is 4.79 Å². The first-order valence-electron chi connectivity index (χ1n) is 11.1. The number of benzene rings is 1. The number of nitrogens with zero attached hydrogens (tertiary/aromatic N) is 3. The Morgan fingerprint density at radius 2 is 1.75 bits per heavy atom. The minimum Gasteiger partial charge on any atom is -0.466 e. The normalized spacial score (nSPS) is 17.0. The van der Waals surface area contributed by atoms with Crippen molar-refractivity contribution >= 4 is 29.2 Å². The molecular weight excluding hydrogens is 418 g/mol. The number of piperidine rings is 2. The van der Waals surface area contributed by atoms with E-state index in [1.807, 2.05) is 4.90 Å². The second kappa shape index (κ2) is 10.9. The SMILES string of the molecule is CCOC(=O)C1CCN(C(=O)COC(=O)c2ccc(N3CCCCC3)c([N+](=O)[O-])c2)CC1. The van der Waals surface area contributed by atoms with E-state index in [0.717, 1.165) is 32.4 Å². The topological polar surface area (TPSA) is 119 Å². The zero-order valence-corrected chi connectivity index (χ0v) is 18.3. The molecule has 174 valence electrons. The summed E-state index contributed by atoms with van der Waals surface area (Å²) in [6, 6.07) is 4.28. The van der Waals surface area contributed by atoms with E-state index in [1.54, 1.807) is 17.9 Å². The molecule has 1 aromatic carbocycles. The van der Waals surface area contributed by atoms with Gasteiger partial charge in [0.25, 0.3) is 11.6 Å². The molecule has 0 bridgehead atoms. The van der Waals surface area contributed by atoms with Crippen LogP contribution < -0.4 is 4.90 Å². The Kier molecular flexibility index (Phi) is 8.02. The quantitative estimate of drug-likeness (QED) is 0.355. The summed E-state index contributed by atoms with van der Waals surface area (Å²) in [7, 11) is 0. The smallest absolute Gasteiger partial charge is 0.338 e. The molecule has 10 nitrogen and oxygen atoms in total. The van der Waals surface area contributed by atoms with Crippen molar-refractivity contribution in [2.45, 2.75) is 39.0 Å². The zero-order valence-electron chi connectivity index (χ0n) is 18.3. The van der Waals surface area contributed by atoms with Crippen LogP contribution in [0, 0.1) is 16.0 Å². The Bertz CT molecular complexity index is 859. The number of nitro benzene ring substituents is 1. The van der Waals surface area contributed by atoms with E-state index in [2.05, 4.69) is 0 Å². The van der Waals surface area contributed by atoms with Crippen LogP contribution in [0.25, 0.3) is 0 Å². The van der Waals surface area contributed by atoms with Gasteiger partial charge in [0, 0.05) is 32.2 Å². The molecule has 32 heavy (non-hydrogen) atoms. The molecule has 2 heterocycles. The number of carbonyl (C=O) groups is 3. The summed E-state index contributed by atoms with van der Waals surface area (Å²) >= 11 is 0. The van der Waals surface area contributed by atoms with Gasteiger partial charge in [0.05, 0.1) is 23.0 Å². The van der Waals surface area contributed by atoms with Crippen LogP contribution in [0.1, 0.15) is 49.4 Å². The van der Waals surface area contributed by atoms with Gasteiger partial charge in [0.2, 0.25) is 0 Å². The maximum atomic E-state index is 12.4. The lowest BCUT2D eigenvalue weighted by Crippen LogP contribution is -2.42. The summed E-state index contributed by atoms with van der Waals surface area (Å²) < 4.78 is 10.1. The van der Waals surface area contributed by atoms with E-state index in [-0.39, 0.29) is 29.0 Å². The van der Waals surface area contributed by atoms with Crippen LogP contribution in [0.2, 0.25) is 0 Å². The van der Waals surface area contributed by atoms with Crippen molar-refractivity contribution in [2.75, 3.05) is 44.3 Å². The highest BCUT2D eigenvalue weighted by atomic mass is 16.6. The number of ether oxygens (including phenoxy) is 2. The minimum absolute atomic E-state index is 0.0336. The third-order valence-electron chi connectivity index (χ3n) is 5.90. The van der Waals surface area contributed by atoms with Gasteiger partial charge in [-0.1, -0.05) is 0 Å². The van der Waals surface area contributed by atoms with Crippen LogP contribution in [0.3, 0.4) is 0 Å². The Labute approximate surface area is 186 Å². The Morgan fingerprint density at radius 1 is 1.06 bits per heavy atom. The highest BCUT2D eigenvalue weighted by Crippen LogP contribution is 2.31. The second-order valence-corrected chi connectivity index (χ2v) is 7.99. The van der Waals surface area contributed by atoms with Crippen molar-refractivity contribution < 1.29 is 28.8 Å². The fourth-order valence-corrected chi connectivity index (χ4v) is 4.13. The molecule has 0 radical (unpaired) electrons. The number of likely N-dealkylation sites (tertiary alicyclic amines) is 1. The number of anilines is 1. The molecule has 2 fully saturated rings. The van der Waals surface area contributed by atoms with Crippen molar-refractivity contribution in [3.05, 3.63) is 33.9 Å². The van der Waals surface area contributed by atoms with Gasteiger partial charge in [-0.15, -0.1) is 0 Å². The molecule has 3 rings (SSSR count). The molecule has 0 spiro atoms. The van der Waals surface area contributed by atoms with Crippen LogP contribution in [-0.4, -0.2) is 67.1 Å². The minimum atomic E-state index is -0.784. The number of hydrogen-bond acceptors (Lipinski definition) is 8. The summed E-state index contributed by atoms with van der Waals surface area (Å²) in [6.07, 6.45) is 4.05. The van der Waals surface area contributed by atoms with E-state index in [4.69, 9.17) is 9.47 Å². The maximum absolute atomic E-state index is 12.4. The molecule has 2 saturated heterocycles. The highest BCUT2D eigenvalue weighted by molar-refractivity contribution is 5.93. The van der Waals surface area contributed by atoms with E-state index >= 15 is 0 Å². The van der Waals surface area contributed by atoms with Crippen LogP contribution in [0.4, 0.5) is 11.4 Å². The van der Waals surface area contributed by atoms with Gasteiger partial charge in [0.1, 0.15) is 5.69 Å². The summed E-state index contributed by atoms with van der Waals surface area (Å²) in [5.74, 6) is -1.62. The molecule has 0 aliphatic carbocycles. The van der Waals surface area contributed by atoms with E-state index in [9.17, 15) is 24.5 Å². The van der Waals surface area contributed by atoms with Gasteiger partial charge in [-0.3, -0.25) is 19.7 Å². The van der Waals surface area contributed by atoms with Crippen LogP contribution >= 0.6 is 0 Å². The molecular formula is C22H29N3O7. The molecule has 0 atom stereocenters. The molecule has 0 N–H and O–H groups in total. The lowest BCUT2D eigenvalue weighted by molar-refractivity contribution is -0.384. The standard InChI is InChI=1S/C22H29N3O7/c1-2-31-21(27)16-8-12-24(13-9-16)20(26)15-32-22(28)17-6-7-18(19(14-17)25(29)30)23-10-4-3-5-11-23/h6-7,14,16H,2-5,8-13,15H2,1H3. The fraction of sp³-hybridized carbons (Fsp3) is 0.591. The van der Waals surface area contributed by atoms with Crippen molar-refractivity contribution in [1.29, 1.82) is 0 Å². The Hall–Kier alpha value is -3.17. The number of esters is 2. The Morgan fingerprint density at radius 3 is 2.38 bits per heavy atom. The Balaban J connectivity index is 1.55. The van der Waals surface area contributed by atoms with Crippen molar-refractivity contribution in [2.24, 2.45) is 5.92 Å². The first-order valence-corrected chi connectivity index (χ1v) is 11.1. The average molecular weight is 447 g/mol. The summed E-state index contributed by atoms with van der Waals surface area (Å²) in [5.41, 5.74) is 0.381.